The van der Waals surface area contributed by atoms with Gasteiger partial charge >= 0.3 is 32.3 Å². The molecular weight excluding hydrogens is 1580 g/mol. The normalized spacial score (nSPS) is 27.8. The predicted octanol–water partition coefficient (Wildman–Crippen LogP) is 0.369. The van der Waals surface area contributed by atoms with Crippen LogP contribution in [0, 0.1) is 0 Å². The van der Waals surface area contributed by atoms with Crippen LogP contribution in [-0.2, 0) is 62.2 Å². The number of alkyl halides is 2. The zero-order chi connectivity index (χ0) is 76.4. The number of nitrogens with zero attached hydrogens (tertiary/aromatic N) is 12. The van der Waals surface area contributed by atoms with Gasteiger partial charge in [-0.05, 0) is 80.3 Å². The van der Waals surface area contributed by atoms with Gasteiger partial charge in [0.15, 0.2) is 94.3 Å². The first kappa shape index (κ1) is 82.1. The van der Waals surface area contributed by atoms with Gasteiger partial charge in [-0.15, -0.1) is 0 Å². The largest absolute Gasteiger partial charge is 0.391 e. The fourth-order valence-corrected chi connectivity index (χ4v) is 22.5. The molecule has 3 aliphatic heterocycles. The smallest absolute Gasteiger partial charge is 0.380 e. The van der Waals surface area contributed by atoms with E-state index in [1.807, 2.05) is 0 Å². The first-order valence-corrected chi connectivity index (χ1v) is 42.8. The van der Waals surface area contributed by atoms with Gasteiger partial charge in [-0.2, -0.15) is 29.9 Å². The standard InChI is InChI=1S/C18H27ClN5O9PS.C17H24ClFN5O9PS.C17H24ClFN5O8PS/c1-32-6-11(34(27,28)29)35(30,31)7-10-13(25)14(26)17(33-10)24-8-20-12-15(21-9-4-2-3-5-9)22-18(19)23-16(12)24;18-16-22-13(21-8-3-1-2-4-8)10-14(23-16)24(7-20-10)15-12(27)11(26)9(33-15)5-35(31,32)17(19,6-25)34(28,29)30;1-17(19,33(27,28)29)34(30,31)6-9-11(25)12(26)15(32-9)24-7-20-10-13(21-8-4-2-3-5-8)22-16(18)23-14(10)24/h8-11,13-14,17,25-26H,2-7H2,1H3,(H,21,22,23)(H2,27,28,29);7-9,11-12,15,25-27H,1-6H2,(H,21,22,23)(H2,28,29,30);7-9,11-12,15,25-26H,2-6H2,1H3,(H,21,22,23)(H2,27,28,29)/t10-,11?,13-,14-,17-;2*9-,11-,12-,15-,17?/m111/s1. The average Bonchev–Trinajstić information content (AvgIpc) is 1.57. The van der Waals surface area contributed by atoms with E-state index in [0.717, 1.165) is 84.2 Å². The first-order chi connectivity index (χ1) is 48.4. The molecule has 104 heavy (non-hydrogen) atoms. The van der Waals surface area contributed by atoms with E-state index in [-0.39, 0.29) is 63.4 Å². The lowest BCUT2D eigenvalue weighted by Gasteiger charge is -2.25. The van der Waals surface area contributed by atoms with E-state index >= 15 is 0 Å². The number of fused-ring (bicyclic) bond motifs is 3. The number of aliphatic hydroxyl groups excluding tert-OH is 7. The quantitative estimate of drug-likeness (QED) is 0.0287. The monoisotopic (exact) mass is 1660 g/mol. The van der Waals surface area contributed by atoms with Crippen LogP contribution in [0.25, 0.3) is 33.5 Å². The van der Waals surface area contributed by atoms with Gasteiger partial charge in [-0.1, -0.05) is 38.5 Å². The highest BCUT2D eigenvalue weighted by molar-refractivity contribution is 8.00. The Labute approximate surface area is 603 Å². The van der Waals surface area contributed by atoms with Crippen molar-refractivity contribution < 1.29 is 132 Å². The van der Waals surface area contributed by atoms with Gasteiger partial charge in [0.1, 0.15) is 61.5 Å². The number of hydrogen-bond donors (Lipinski definition) is 16. The minimum absolute atomic E-state index is 0.0871. The van der Waals surface area contributed by atoms with E-state index in [1.54, 1.807) is 0 Å². The van der Waals surface area contributed by atoms with E-state index in [9.17, 15) is 88.2 Å². The van der Waals surface area contributed by atoms with Crippen LogP contribution in [0.1, 0.15) is 103 Å². The van der Waals surface area contributed by atoms with Crippen LogP contribution in [0.2, 0.25) is 15.9 Å². The third-order valence-corrected chi connectivity index (χ3v) is 32.4. The molecule has 3 aliphatic carbocycles. The number of hydrogen-bond acceptors (Lipinski definition) is 32. The van der Waals surface area contributed by atoms with Crippen LogP contribution in [0.5, 0.6) is 0 Å². The van der Waals surface area contributed by atoms with Crippen molar-refractivity contribution in [2.45, 2.75) is 190 Å². The molecule has 16 N–H and O–H groups in total. The maximum absolute atomic E-state index is 14.7. The number of aliphatic hydroxyl groups is 7. The van der Waals surface area contributed by atoms with Crippen molar-refractivity contribution in [3.63, 3.8) is 0 Å². The van der Waals surface area contributed by atoms with Crippen molar-refractivity contribution >= 4 is 138 Å². The summed E-state index contributed by atoms with van der Waals surface area (Å²) in [5, 5.41) is 81.5. The fraction of sp³-hybridized carbons (Fsp3) is 0.712. The molecule has 52 heteroatoms. The van der Waals surface area contributed by atoms with Crippen LogP contribution in [0.4, 0.5) is 26.2 Å². The molecule has 3 saturated heterocycles. The van der Waals surface area contributed by atoms with E-state index in [4.69, 9.17) is 73.7 Å². The number of imidazole rings is 3. The van der Waals surface area contributed by atoms with E-state index in [0.29, 0.717) is 28.5 Å². The third-order valence-electron chi connectivity index (χ3n) is 18.6. The molecule has 0 radical (unpaired) electrons. The van der Waals surface area contributed by atoms with Crippen molar-refractivity contribution in [3.8, 4) is 0 Å². The minimum Gasteiger partial charge on any atom is -0.391 e. The van der Waals surface area contributed by atoms with Gasteiger partial charge in [0, 0.05) is 25.2 Å². The second-order valence-electron chi connectivity index (χ2n) is 25.7. The van der Waals surface area contributed by atoms with Gasteiger partial charge in [-0.3, -0.25) is 27.4 Å². The summed E-state index contributed by atoms with van der Waals surface area (Å²) in [6.45, 7) is -2.54. The van der Waals surface area contributed by atoms with Crippen LogP contribution in [0.15, 0.2) is 19.0 Å². The molecular formula is C52H75Cl3F2N15O26P3S3. The summed E-state index contributed by atoms with van der Waals surface area (Å²) in [5.74, 6) is -2.59. The van der Waals surface area contributed by atoms with E-state index in [2.05, 4.69) is 65.5 Å². The van der Waals surface area contributed by atoms with Crippen molar-refractivity contribution in [3.05, 3.63) is 34.8 Å². The highest BCUT2D eigenvalue weighted by atomic mass is 35.5. The zero-order valence-corrected chi connectivity index (χ0v) is 61.8. The molecule has 6 aliphatic rings. The molecule has 41 nitrogen and oxygen atoms in total. The van der Waals surface area contributed by atoms with Crippen molar-refractivity contribution in [1.82, 2.24) is 58.6 Å². The van der Waals surface area contributed by atoms with Crippen LogP contribution in [-0.4, -0.2) is 274 Å². The van der Waals surface area contributed by atoms with Crippen LogP contribution < -0.4 is 16.0 Å². The SMILES string of the molecule is CC(F)(P(=O)(O)O)S(=O)(=O)C[C@H]1O[C@@H](n2cnc3c(NC4CCCC4)nc(Cl)nc32)[C@H](O)[C@@H]1O.COCC(P(=O)(O)O)S(=O)(=O)C[C@H]1O[C@@H](n2cnc3c(NC4CCCC4)nc(Cl)nc32)[C@H](O)[C@@H]1O.O=P(O)(O)C(F)(CO)S(=O)(=O)C[C@H]1O[C@@H](n2cnc3c(NC4CCCC4)nc(Cl)nc32)[C@H](O)[C@@H]1O. The zero-order valence-electron chi connectivity index (χ0n) is 54.4. The molecule has 0 bridgehead atoms. The Morgan fingerprint density at radius 3 is 1.12 bits per heavy atom. The molecule has 6 aromatic rings. The minimum atomic E-state index is -5.98. The molecule has 0 amide bonds. The number of rotatable bonds is 24. The highest BCUT2D eigenvalue weighted by Gasteiger charge is 2.62. The molecule has 582 valence electrons. The molecule has 12 rings (SSSR count). The second-order valence-corrected chi connectivity index (χ2v) is 40.0. The van der Waals surface area contributed by atoms with Gasteiger partial charge in [0.05, 0.1) is 42.8 Å². The summed E-state index contributed by atoms with van der Waals surface area (Å²) in [7, 11) is -30.7. The first-order valence-electron chi connectivity index (χ1n) is 31.8. The van der Waals surface area contributed by atoms with Gasteiger partial charge < -0.3 is 100 Å². The van der Waals surface area contributed by atoms with Gasteiger partial charge in [0.2, 0.25) is 25.7 Å². The maximum Gasteiger partial charge on any atom is 0.380 e. The van der Waals surface area contributed by atoms with Gasteiger partial charge in [0.25, 0.3) is 0 Å². The number of nitrogens with one attached hydrogen (secondary N) is 3. The summed E-state index contributed by atoms with van der Waals surface area (Å²) in [5.41, 5.74) is 1.34. The van der Waals surface area contributed by atoms with Crippen molar-refractivity contribution in [2.24, 2.45) is 0 Å². The van der Waals surface area contributed by atoms with E-state index in [1.165, 1.54) is 32.7 Å². The van der Waals surface area contributed by atoms with Gasteiger partial charge in [-0.25, -0.2) is 49.0 Å². The number of methoxy groups -OCH3 is 1. The summed E-state index contributed by atoms with van der Waals surface area (Å²) in [6.07, 6.45) is -3.76. The summed E-state index contributed by atoms with van der Waals surface area (Å²) < 4.78 is 155. The van der Waals surface area contributed by atoms with Crippen LogP contribution >= 0.6 is 57.6 Å². The molecule has 6 fully saturated rings. The molecule has 3 unspecified atom stereocenters. The molecule has 9 heterocycles. The molecule has 0 aromatic carbocycles. The molecule has 15 atom stereocenters. The van der Waals surface area contributed by atoms with Crippen molar-refractivity contribution in [2.75, 3.05) is 53.5 Å². The topological polar surface area (TPSA) is 620 Å². The number of halogens is 5. The highest BCUT2D eigenvalue weighted by Crippen LogP contribution is 2.57. The van der Waals surface area contributed by atoms with E-state index < -0.39 is 171 Å². The molecule has 3 saturated carbocycles. The Kier molecular flexibility index (Phi) is 24.9. The average molecular weight is 1660 g/mol. The lowest BCUT2D eigenvalue weighted by Crippen LogP contribution is -2.44. The number of anilines is 3. The summed E-state index contributed by atoms with van der Waals surface area (Å²) in [4.78, 5) is 90.9. The number of aromatic nitrogens is 12. The fourth-order valence-electron chi connectivity index (χ4n) is 12.8. The lowest BCUT2D eigenvalue weighted by atomic mass is 10.1. The Balaban J connectivity index is 0.000000167. The molecule has 0 spiro atoms. The lowest BCUT2D eigenvalue weighted by molar-refractivity contribution is -0.0294. The Bertz CT molecular complexity index is 4610. The predicted molar refractivity (Wildman–Crippen MR) is 360 cm³/mol. The summed E-state index contributed by atoms with van der Waals surface area (Å²) in [6, 6.07) is 0.529. The summed E-state index contributed by atoms with van der Waals surface area (Å²) >= 11 is 18.2. The number of sulfone groups is 3. The number of ether oxygens (including phenoxy) is 4. The Morgan fingerprint density at radius 1 is 0.529 bits per heavy atom. The Morgan fingerprint density at radius 2 is 0.837 bits per heavy atom. The second kappa shape index (κ2) is 31.6. The Hall–Kier alpha value is -4.36. The van der Waals surface area contributed by atoms with Crippen LogP contribution in [0.3, 0.4) is 0 Å². The van der Waals surface area contributed by atoms with Crippen molar-refractivity contribution in [1.29, 1.82) is 0 Å². The third kappa shape index (κ3) is 16.8. The maximum atomic E-state index is 14.7. The molecule has 6 aromatic heterocycles.